The Bertz CT molecular complexity index is 1150. The number of rotatable bonds is 6. The summed E-state index contributed by atoms with van der Waals surface area (Å²) in [7, 11) is -7.04. The Morgan fingerprint density at radius 3 is 2.07 bits per heavy atom. The fraction of sp³-hybridized carbons (Fsp3) is 0.0625. The second-order valence-electron chi connectivity index (χ2n) is 5.68. The summed E-state index contributed by atoms with van der Waals surface area (Å²) in [5.74, 6) is 0. The third-order valence-corrected chi connectivity index (χ3v) is 5.72. The number of primary sulfonamides is 1. The zero-order valence-corrected chi connectivity index (χ0v) is 16.5. The van der Waals surface area contributed by atoms with Crippen LogP contribution in [0.5, 0.6) is 0 Å². The molecule has 1 aromatic heterocycles. The summed E-state index contributed by atoms with van der Waals surface area (Å²) in [6, 6.07) is 12.9. The van der Waals surface area contributed by atoms with Gasteiger partial charge in [0.25, 0.3) is 0 Å². The van der Waals surface area contributed by atoms with Crippen LogP contribution in [0.15, 0.2) is 58.8 Å². The molecule has 0 unspecified atom stereocenters. The number of hydrogen-bond donors (Lipinski definition) is 3. The first-order valence-electron chi connectivity index (χ1n) is 7.54. The largest absolute Gasteiger partial charge is 0.332 e. The number of nitrogens with one attached hydrogen (secondary N) is 2. The standard InChI is InChI=1S/C16H16N4O4S3/c1-26(21,22)20-13-4-2-11(3-5-13)15-10-25-16(19-15)18-12-6-8-14(9-7-12)27(17,23)24/h2-10,20H,1H3,(H,18,19)(H2,17,23,24). The number of aromatic nitrogens is 1. The van der Waals surface area contributed by atoms with Crippen molar-refractivity contribution in [1.82, 2.24) is 4.98 Å². The van der Waals surface area contributed by atoms with Crippen molar-refractivity contribution < 1.29 is 16.8 Å². The minimum Gasteiger partial charge on any atom is -0.332 e. The van der Waals surface area contributed by atoms with Gasteiger partial charge in [0, 0.05) is 22.3 Å². The van der Waals surface area contributed by atoms with Crippen molar-refractivity contribution in [3.05, 3.63) is 53.9 Å². The number of sulfonamides is 2. The normalized spacial score (nSPS) is 11.9. The number of hydrogen-bond acceptors (Lipinski definition) is 7. The van der Waals surface area contributed by atoms with Crippen LogP contribution in [-0.2, 0) is 20.0 Å². The van der Waals surface area contributed by atoms with Gasteiger partial charge in [-0.15, -0.1) is 11.3 Å². The average Bonchev–Trinajstić information content (AvgIpc) is 3.02. The van der Waals surface area contributed by atoms with Crippen molar-refractivity contribution in [2.75, 3.05) is 16.3 Å². The van der Waals surface area contributed by atoms with Crippen LogP contribution in [0.4, 0.5) is 16.5 Å². The highest BCUT2D eigenvalue weighted by atomic mass is 32.2. The molecule has 0 aliphatic heterocycles. The lowest BCUT2D eigenvalue weighted by molar-refractivity contribution is 0.597. The predicted molar refractivity (Wildman–Crippen MR) is 107 cm³/mol. The molecule has 0 aliphatic rings. The SMILES string of the molecule is CS(=O)(=O)Nc1ccc(-c2csc(Nc3ccc(S(N)(=O)=O)cc3)n2)cc1. The Balaban J connectivity index is 1.73. The molecule has 142 valence electrons. The molecule has 0 fully saturated rings. The van der Waals surface area contributed by atoms with Gasteiger partial charge in [0.1, 0.15) is 0 Å². The van der Waals surface area contributed by atoms with E-state index in [1.165, 1.54) is 23.5 Å². The number of nitrogens with two attached hydrogens (primary N) is 1. The average molecular weight is 425 g/mol. The van der Waals surface area contributed by atoms with Crippen LogP contribution in [0.3, 0.4) is 0 Å². The Morgan fingerprint density at radius 1 is 0.926 bits per heavy atom. The van der Waals surface area contributed by atoms with Crippen LogP contribution in [-0.4, -0.2) is 28.1 Å². The predicted octanol–water partition coefficient (Wildman–Crippen LogP) is 2.57. The highest BCUT2D eigenvalue weighted by Crippen LogP contribution is 2.28. The van der Waals surface area contributed by atoms with Crippen molar-refractivity contribution in [1.29, 1.82) is 0 Å². The Labute approximate surface area is 161 Å². The van der Waals surface area contributed by atoms with E-state index in [-0.39, 0.29) is 4.90 Å². The molecule has 0 saturated heterocycles. The summed E-state index contributed by atoms with van der Waals surface area (Å²) in [6.07, 6.45) is 1.09. The van der Waals surface area contributed by atoms with Crippen molar-refractivity contribution >= 4 is 47.9 Å². The van der Waals surface area contributed by atoms with Crippen molar-refractivity contribution in [3.63, 3.8) is 0 Å². The van der Waals surface area contributed by atoms with Crippen LogP contribution in [0.25, 0.3) is 11.3 Å². The zero-order chi connectivity index (χ0) is 19.7. The highest BCUT2D eigenvalue weighted by molar-refractivity contribution is 7.92. The molecule has 0 radical (unpaired) electrons. The van der Waals surface area contributed by atoms with E-state index < -0.39 is 20.0 Å². The molecule has 1 heterocycles. The van der Waals surface area contributed by atoms with Gasteiger partial charge < -0.3 is 5.32 Å². The molecule has 3 aromatic rings. The first kappa shape index (κ1) is 19.3. The Kier molecular flexibility index (Phi) is 5.20. The summed E-state index contributed by atoms with van der Waals surface area (Å²) in [5, 5.41) is 10.7. The van der Waals surface area contributed by atoms with Gasteiger partial charge in [0.05, 0.1) is 16.8 Å². The summed E-state index contributed by atoms with van der Waals surface area (Å²) in [6.45, 7) is 0. The monoisotopic (exact) mass is 424 g/mol. The van der Waals surface area contributed by atoms with Crippen LogP contribution in [0.1, 0.15) is 0 Å². The van der Waals surface area contributed by atoms with E-state index in [0.717, 1.165) is 17.5 Å². The minimum absolute atomic E-state index is 0.0377. The molecular weight excluding hydrogens is 408 g/mol. The molecule has 2 aromatic carbocycles. The van der Waals surface area contributed by atoms with Crippen LogP contribution in [0, 0.1) is 0 Å². The fourth-order valence-electron chi connectivity index (χ4n) is 2.24. The van der Waals surface area contributed by atoms with Crippen LogP contribution >= 0.6 is 11.3 Å². The van der Waals surface area contributed by atoms with Gasteiger partial charge in [-0.3, -0.25) is 4.72 Å². The van der Waals surface area contributed by atoms with E-state index in [0.29, 0.717) is 16.5 Å². The topological polar surface area (TPSA) is 131 Å². The van der Waals surface area contributed by atoms with Crippen molar-refractivity contribution in [3.8, 4) is 11.3 Å². The van der Waals surface area contributed by atoms with E-state index in [9.17, 15) is 16.8 Å². The van der Waals surface area contributed by atoms with Gasteiger partial charge in [-0.05, 0) is 36.4 Å². The molecular formula is C16H16N4O4S3. The summed E-state index contributed by atoms with van der Waals surface area (Å²) < 4.78 is 47.4. The first-order valence-corrected chi connectivity index (χ1v) is 11.9. The molecule has 27 heavy (non-hydrogen) atoms. The quantitative estimate of drug-likeness (QED) is 0.557. The van der Waals surface area contributed by atoms with Gasteiger partial charge >= 0.3 is 0 Å². The van der Waals surface area contributed by atoms with Gasteiger partial charge in [0.2, 0.25) is 20.0 Å². The van der Waals surface area contributed by atoms with Crippen LogP contribution < -0.4 is 15.2 Å². The fourth-order valence-corrected chi connectivity index (χ4v) is 4.06. The van der Waals surface area contributed by atoms with Gasteiger partial charge in [-0.1, -0.05) is 12.1 Å². The maximum Gasteiger partial charge on any atom is 0.238 e. The number of thiazole rings is 1. The third kappa shape index (κ3) is 5.26. The lowest BCUT2D eigenvalue weighted by Crippen LogP contribution is -2.11. The molecule has 0 amide bonds. The van der Waals surface area contributed by atoms with E-state index in [2.05, 4.69) is 15.0 Å². The van der Waals surface area contributed by atoms with Gasteiger partial charge in [-0.25, -0.2) is 27.0 Å². The number of nitrogens with zero attached hydrogens (tertiary/aromatic N) is 1. The third-order valence-electron chi connectivity index (χ3n) is 3.42. The van der Waals surface area contributed by atoms with Gasteiger partial charge in [0.15, 0.2) is 5.13 Å². The molecule has 0 bridgehead atoms. The lowest BCUT2D eigenvalue weighted by atomic mass is 10.1. The molecule has 8 nitrogen and oxygen atoms in total. The van der Waals surface area contributed by atoms with Crippen LogP contribution in [0.2, 0.25) is 0 Å². The van der Waals surface area contributed by atoms with Crippen molar-refractivity contribution in [2.45, 2.75) is 4.90 Å². The molecule has 0 saturated carbocycles. The minimum atomic E-state index is -3.72. The number of anilines is 3. The highest BCUT2D eigenvalue weighted by Gasteiger charge is 2.09. The first-order chi connectivity index (χ1) is 12.6. The van der Waals surface area contributed by atoms with E-state index in [1.807, 2.05) is 5.38 Å². The molecule has 4 N–H and O–H groups in total. The molecule has 3 rings (SSSR count). The second-order valence-corrected chi connectivity index (χ2v) is 9.85. The Hall–Kier alpha value is -2.47. The smallest absolute Gasteiger partial charge is 0.238 e. The van der Waals surface area contributed by atoms with Gasteiger partial charge in [-0.2, -0.15) is 0 Å². The Morgan fingerprint density at radius 2 is 1.52 bits per heavy atom. The maximum atomic E-state index is 11.3. The lowest BCUT2D eigenvalue weighted by Gasteiger charge is -2.05. The molecule has 0 aliphatic carbocycles. The van der Waals surface area contributed by atoms with E-state index >= 15 is 0 Å². The zero-order valence-electron chi connectivity index (χ0n) is 14.1. The molecule has 0 spiro atoms. The maximum absolute atomic E-state index is 11.3. The molecule has 11 heteroatoms. The summed E-state index contributed by atoms with van der Waals surface area (Å²) in [5.41, 5.74) is 2.72. The number of benzene rings is 2. The van der Waals surface area contributed by atoms with E-state index in [4.69, 9.17) is 5.14 Å². The van der Waals surface area contributed by atoms with E-state index in [1.54, 1.807) is 36.4 Å². The summed E-state index contributed by atoms with van der Waals surface area (Å²) in [4.78, 5) is 4.51. The van der Waals surface area contributed by atoms with Crippen molar-refractivity contribution in [2.24, 2.45) is 5.14 Å². The summed E-state index contributed by atoms with van der Waals surface area (Å²) >= 11 is 1.39. The molecule has 0 atom stereocenters. The second kappa shape index (κ2) is 7.27.